The third-order valence-electron chi connectivity index (χ3n) is 2.51. The van der Waals surface area contributed by atoms with E-state index in [0.717, 1.165) is 0 Å². The Morgan fingerprint density at radius 1 is 0.875 bits per heavy atom. The van der Waals surface area contributed by atoms with E-state index in [1.165, 1.54) is 24.3 Å². The van der Waals surface area contributed by atoms with Crippen LogP contribution in [0.25, 0.3) is 0 Å². The Kier molecular flexibility index (Phi) is 6.12. The minimum atomic E-state index is -1.55. The number of ether oxygens (including phenoxy) is 3. The van der Waals surface area contributed by atoms with Crippen molar-refractivity contribution < 1.29 is 28.6 Å². The Bertz CT molecular complexity index is 561. The monoisotopic (exact) mass is 336 g/mol. The minimum Gasteiger partial charge on any atom is -0.467 e. The summed E-state index contributed by atoms with van der Waals surface area (Å²) in [6.07, 6.45) is -0.867. The fraction of sp³-hybridized carbons (Fsp3) is 0.500. The zero-order chi connectivity index (χ0) is 18.5. The second-order valence-electron chi connectivity index (χ2n) is 7.25. The summed E-state index contributed by atoms with van der Waals surface area (Å²) in [7, 11) is 0. The van der Waals surface area contributed by atoms with Gasteiger partial charge in [-0.3, -0.25) is 4.79 Å². The van der Waals surface area contributed by atoms with Gasteiger partial charge in [-0.25, -0.2) is 9.59 Å². The van der Waals surface area contributed by atoms with Gasteiger partial charge in [-0.2, -0.15) is 0 Å². The Morgan fingerprint density at radius 2 is 1.29 bits per heavy atom. The molecule has 0 spiro atoms. The molecule has 0 aliphatic carbocycles. The summed E-state index contributed by atoms with van der Waals surface area (Å²) in [6.45, 7) is 10.1. The van der Waals surface area contributed by atoms with Crippen LogP contribution >= 0.6 is 0 Å². The summed E-state index contributed by atoms with van der Waals surface area (Å²) in [4.78, 5) is 35.3. The first-order chi connectivity index (χ1) is 10.9. The first-order valence-corrected chi connectivity index (χ1v) is 7.59. The van der Waals surface area contributed by atoms with Crippen LogP contribution in [0.4, 0.5) is 0 Å². The molecule has 0 unspecified atom stereocenters. The zero-order valence-corrected chi connectivity index (χ0v) is 14.9. The maximum absolute atomic E-state index is 12.3. The number of esters is 2. The largest absolute Gasteiger partial charge is 0.467 e. The van der Waals surface area contributed by atoms with Gasteiger partial charge in [-0.15, -0.1) is 0 Å². The normalized spacial score (nSPS) is 11.8. The average molecular weight is 336 g/mol. The molecule has 6 nitrogen and oxygen atoms in total. The van der Waals surface area contributed by atoms with Gasteiger partial charge >= 0.3 is 11.9 Å². The first kappa shape index (κ1) is 19.7. The fourth-order valence-electron chi connectivity index (χ4n) is 1.66. The molecule has 0 aliphatic rings. The van der Waals surface area contributed by atoms with Gasteiger partial charge in [0.15, 0.2) is 0 Å². The number of hydrogen-bond donors (Lipinski definition) is 0. The second kappa shape index (κ2) is 7.47. The van der Waals surface area contributed by atoms with Crippen molar-refractivity contribution in [1.29, 1.82) is 0 Å². The molecule has 0 fully saturated rings. The predicted octanol–water partition coefficient (Wildman–Crippen LogP) is 2.93. The Labute approximate surface area is 142 Å². The average Bonchev–Trinajstić information content (AvgIpc) is 2.41. The Hall–Kier alpha value is -2.37. The van der Waals surface area contributed by atoms with Crippen molar-refractivity contribution in [2.24, 2.45) is 0 Å². The van der Waals surface area contributed by atoms with Crippen molar-refractivity contribution >= 4 is 18.2 Å². The van der Waals surface area contributed by atoms with E-state index in [-0.39, 0.29) is 5.75 Å². The second-order valence-corrected chi connectivity index (χ2v) is 7.25. The molecule has 0 saturated carbocycles. The SMILES string of the molecule is CC(C)(C)OC(=O)C(Oc1ccc(C=O)cc1)C(=O)OC(C)(C)C. The number of aldehydes is 1. The van der Waals surface area contributed by atoms with Crippen LogP contribution in [0.15, 0.2) is 24.3 Å². The predicted molar refractivity (Wildman–Crippen MR) is 87.9 cm³/mol. The molecular formula is C18H24O6. The van der Waals surface area contributed by atoms with Crippen LogP contribution in [-0.4, -0.2) is 35.5 Å². The summed E-state index contributed by atoms with van der Waals surface area (Å²) in [5.74, 6) is -1.42. The van der Waals surface area contributed by atoms with Crippen molar-refractivity contribution in [3.63, 3.8) is 0 Å². The Balaban J connectivity index is 3.00. The molecule has 0 heterocycles. The lowest BCUT2D eigenvalue weighted by molar-refractivity contribution is -0.179. The van der Waals surface area contributed by atoms with Crippen LogP contribution in [0.3, 0.4) is 0 Å². The highest BCUT2D eigenvalue weighted by Crippen LogP contribution is 2.18. The van der Waals surface area contributed by atoms with Crippen LogP contribution < -0.4 is 4.74 Å². The molecule has 0 N–H and O–H groups in total. The molecule has 0 aromatic heterocycles. The zero-order valence-electron chi connectivity index (χ0n) is 14.9. The topological polar surface area (TPSA) is 78.9 Å². The van der Waals surface area contributed by atoms with E-state index in [1.807, 2.05) is 0 Å². The highest BCUT2D eigenvalue weighted by Gasteiger charge is 2.36. The third-order valence-corrected chi connectivity index (χ3v) is 2.51. The van der Waals surface area contributed by atoms with Gasteiger partial charge in [0.1, 0.15) is 23.2 Å². The maximum atomic E-state index is 12.3. The van der Waals surface area contributed by atoms with Gasteiger partial charge in [0, 0.05) is 5.56 Å². The number of carbonyl (C=O) groups excluding carboxylic acids is 3. The molecular weight excluding hydrogens is 312 g/mol. The van der Waals surface area contributed by atoms with Crippen molar-refractivity contribution in [2.75, 3.05) is 0 Å². The van der Waals surface area contributed by atoms with Crippen molar-refractivity contribution in [1.82, 2.24) is 0 Å². The van der Waals surface area contributed by atoms with E-state index in [9.17, 15) is 14.4 Å². The van der Waals surface area contributed by atoms with E-state index in [4.69, 9.17) is 14.2 Å². The Morgan fingerprint density at radius 3 is 1.62 bits per heavy atom. The molecule has 1 rings (SSSR count). The number of benzene rings is 1. The van der Waals surface area contributed by atoms with Gasteiger partial charge in [-0.05, 0) is 65.8 Å². The molecule has 0 amide bonds. The summed E-state index contributed by atoms with van der Waals surface area (Å²) in [6, 6.07) is 6.02. The number of hydrogen-bond acceptors (Lipinski definition) is 6. The smallest absolute Gasteiger partial charge is 0.359 e. The van der Waals surface area contributed by atoms with Crippen LogP contribution in [0.2, 0.25) is 0 Å². The maximum Gasteiger partial charge on any atom is 0.359 e. The summed E-state index contributed by atoms with van der Waals surface area (Å²) in [5, 5.41) is 0. The lowest BCUT2D eigenvalue weighted by Crippen LogP contribution is -2.44. The van der Waals surface area contributed by atoms with Crippen LogP contribution in [0, 0.1) is 0 Å². The van der Waals surface area contributed by atoms with Crippen molar-refractivity contribution in [3.05, 3.63) is 29.8 Å². The highest BCUT2D eigenvalue weighted by molar-refractivity contribution is 5.98. The van der Waals surface area contributed by atoms with Gasteiger partial charge in [0.05, 0.1) is 0 Å². The molecule has 6 heteroatoms. The summed E-state index contributed by atoms with van der Waals surface area (Å²) >= 11 is 0. The first-order valence-electron chi connectivity index (χ1n) is 7.59. The molecule has 0 radical (unpaired) electrons. The van der Waals surface area contributed by atoms with E-state index >= 15 is 0 Å². The van der Waals surface area contributed by atoms with Crippen LogP contribution in [0.1, 0.15) is 51.9 Å². The van der Waals surface area contributed by atoms with Crippen molar-refractivity contribution in [2.45, 2.75) is 58.8 Å². The van der Waals surface area contributed by atoms with E-state index < -0.39 is 29.2 Å². The molecule has 0 bridgehead atoms. The number of carbonyl (C=O) groups is 3. The lowest BCUT2D eigenvalue weighted by Gasteiger charge is -2.26. The summed E-state index contributed by atoms with van der Waals surface area (Å²) in [5.41, 5.74) is -1.10. The summed E-state index contributed by atoms with van der Waals surface area (Å²) < 4.78 is 15.9. The number of rotatable bonds is 5. The van der Waals surface area contributed by atoms with Gasteiger partial charge in [-0.1, -0.05) is 0 Å². The van der Waals surface area contributed by atoms with E-state index in [1.54, 1.807) is 41.5 Å². The van der Waals surface area contributed by atoms with E-state index in [0.29, 0.717) is 11.8 Å². The molecule has 24 heavy (non-hydrogen) atoms. The standard InChI is InChI=1S/C18H24O6/c1-17(2,3)23-15(20)14(16(21)24-18(4,5)6)22-13-9-7-12(11-19)8-10-13/h7-11,14H,1-6H3. The quantitative estimate of drug-likeness (QED) is 0.467. The van der Waals surface area contributed by atoms with Gasteiger partial charge in [0.2, 0.25) is 0 Å². The molecule has 132 valence electrons. The van der Waals surface area contributed by atoms with Gasteiger partial charge in [0.25, 0.3) is 6.10 Å². The van der Waals surface area contributed by atoms with Crippen LogP contribution in [-0.2, 0) is 19.1 Å². The molecule has 0 aliphatic heterocycles. The van der Waals surface area contributed by atoms with Crippen LogP contribution in [0.5, 0.6) is 5.75 Å². The highest BCUT2D eigenvalue weighted by atomic mass is 16.6. The van der Waals surface area contributed by atoms with Gasteiger partial charge < -0.3 is 14.2 Å². The molecule has 0 saturated heterocycles. The fourth-order valence-corrected chi connectivity index (χ4v) is 1.66. The molecule has 1 aromatic rings. The third kappa shape index (κ3) is 6.81. The van der Waals surface area contributed by atoms with Crippen molar-refractivity contribution in [3.8, 4) is 5.75 Å². The minimum absolute atomic E-state index is 0.252. The molecule has 1 aromatic carbocycles. The van der Waals surface area contributed by atoms with E-state index in [2.05, 4.69) is 0 Å². The molecule has 0 atom stereocenters. The lowest BCUT2D eigenvalue weighted by atomic mass is 10.2.